The quantitative estimate of drug-likeness (QED) is 0.821. The van der Waals surface area contributed by atoms with Gasteiger partial charge in [-0.3, -0.25) is 4.79 Å². The van der Waals surface area contributed by atoms with Gasteiger partial charge in [-0.2, -0.15) is 0 Å². The van der Waals surface area contributed by atoms with E-state index in [1.54, 1.807) is 6.92 Å². The molecule has 0 aromatic heterocycles. The lowest BCUT2D eigenvalue weighted by molar-refractivity contribution is -0.116. The number of hydrogen-bond donors (Lipinski definition) is 1. The van der Waals surface area contributed by atoms with Crippen LogP contribution in [-0.2, 0) is 16.0 Å². The van der Waals surface area contributed by atoms with Crippen LogP contribution in [0.15, 0.2) is 30.3 Å². The Morgan fingerprint density at radius 3 is 2.25 bits per heavy atom. The standard InChI is InChI=1S/C9H10O.C4H9NO/c1-8(10)7-9-5-3-2-4-6-9;1-3-6-4-2-5-1/h2-6H,7H2,1H3;5H,1-4H2. The van der Waals surface area contributed by atoms with Gasteiger partial charge in [0.1, 0.15) is 5.78 Å². The van der Waals surface area contributed by atoms with E-state index >= 15 is 0 Å². The molecule has 0 amide bonds. The maximum absolute atomic E-state index is 10.6. The summed E-state index contributed by atoms with van der Waals surface area (Å²) in [5.74, 6) is 0.214. The number of nitrogens with one attached hydrogen (secondary N) is 1. The van der Waals surface area contributed by atoms with Crippen molar-refractivity contribution >= 4 is 5.78 Å². The summed E-state index contributed by atoms with van der Waals surface area (Å²) in [5, 5.41) is 3.16. The molecule has 0 spiro atoms. The Hall–Kier alpha value is -1.19. The predicted molar refractivity (Wildman–Crippen MR) is 64.5 cm³/mol. The zero-order valence-electron chi connectivity index (χ0n) is 9.74. The molecular weight excluding hydrogens is 202 g/mol. The smallest absolute Gasteiger partial charge is 0.134 e. The molecule has 3 heteroatoms. The Morgan fingerprint density at radius 1 is 1.25 bits per heavy atom. The highest BCUT2D eigenvalue weighted by Gasteiger charge is 1.93. The monoisotopic (exact) mass is 221 g/mol. The van der Waals surface area contributed by atoms with Crippen molar-refractivity contribution in [1.29, 1.82) is 0 Å². The van der Waals surface area contributed by atoms with Gasteiger partial charge >= 0.3 is 0 Å². The normalized spacial score (nSPS) is 14.8. The average Bonchev–Trinajstić information content (AvgIpc) is 2.32. The first-order valence-corrected chi connectivity index (χ1v) is 5.61. The second kappa shape index (κ2) is 8.02. The second-order valence-corrected chi connectivity index (χ2v) is 3.73. The van der Waals surface area contributed by atoms with E-state index < -0.39 is 0 Å². The molecule has 0 aliphatic carbocycles. The van der Waals surface area contributed by atoms with Crippen LogP contribution in [0.3, 0.4) is 0 Å². The van der Waals surface area contributed by atoms with Gasteiger partial charge < -0.3 is 10.1 Å². The second-order valence-electron chi connectivity index (χ2n) is 3.73. The SMILES string of the molecule is C1COCCN1.CC(=O)Cc1ccccc1. The van der Waals surface area contributed by atoms with E-state index in [4.69, 9.17) is 4.74 Å². The molecule has 1 N–H and O–H groups in total. The van der Waals surface area contributed by atoms with Crippen LogP contribution < -0.4 is 5.32 Å². The molecule has 1 aliphatic heterocycles. The summed E-state index contributed by atoms with van der Waals surface area (Å²) in [7, 11) is 0. The minimum absolute atomic E-state index is 0.214. The number of morpholine rings is 1. The van der Waals surface area contributed by atoms with Crippen LogP contribution in [0.25, 0.3) is 0 Å². The summed E-state index contributed by atoms with van der Waals surface area (Å²) in [6.45, 7) is 5.44. The fraction of sp³-hybridized carbons (Fsp3) is 0.462. The van der Waals surface area contributed by atoms with Crippen molar-refractivity contribution in [2.45, 2.75) is 13.3 Å². The van der Waals surface area contributed by atoms with Crippen LogP contribution in [0.4, 0.5) is 0 Å². The number of ether oxygens (including phenoxy) is 1. The van der Waals surface area contributed by atoms with E-state index in [1.165, 1.54) is 0 Å². The van der Waals surface area contributed by atoms with Crippen molar-refractivity contribution in [3.8, 4) is 0 Å². The summed E-state index contributed by atoms with van der Waals surface area (Å²) < 4.78 is 5.01. The van der Waals surface area contributed by atoms with Gasteiger partial charge in [0.25, 0.3) is 0 Å². The molecule has 0 radical (unpaired) electrons. The number of hydrogen-bond acceptors (Lipinski definition) is 3. The summed E-state index contributed by atoms with van der Waals surface area (Å²) >= 11 is 0. The molecule has 0 saturated carbocycles. The Morgan fingerprint density at radius 2 is 1.88 bits per heavy atom. The van der Waals surface area contributed by atoms with E-state index in [1.807, 2.05) is 30.3 Å². The molecule has 1 aromatic carbocycles. The van der Waals surface area contributed by atoms with Crippen molar-refractivity contribution in [3.05, 3.63) is 35.9 Å². The van der Waals surface area contributed by atoms with Gasteiger partial charge in [-0.15, -0.1) is 0 Å². The Bertz CT molecular complexity index is 283. The molecule has 2 rings (SSSR count). The fourth-order valence-electron chi connectivity index (χ4n) is 1.40. The van der Waals surface area contributed by atoms with Crippen LogP contribution in [0.1, 0.15) is 12.5 Å². The zero-order valence-corrected chi connectivity index (χ0v) is 9.74. The van der Waals surface area contributed by atoms with Crippen molar-refractivity contribution < 1.29 is 9.53 Å². The fourth-order valence-corrected chi connectivity index (χ4v) is 1.40. The van der Waals surface area contributed by atoms with Gasteiger partial charge in [-0.05, 0) is 12.5 Å². The summed E-state index contributed by atoms with van der Waals surface area (Å²) in [6, 6.07) is 9.75. The third kappa shape index (κ3) is 6.32. The summed E-state index contributed by atoms with van der Waals surface area (Å²) in [5.41, 5.74) is 1.09. The topological polar surface area (TPSA) is 38.3 Å². The summed E-state index contributed by atoms with van der Waals surface area (Å²) in [4.78, 5) is 10.6. The number of carbonyl (C=O) groups excluding carboxylic acids is 1. The minimum atomic E-state index is 0.214. The Labute approximate surface area is 96.8 Å². The molecule has 1 aliphatic rings. The van der Waals surface area contributed by atoms with Crippen LogP contribution in [0.2, 0.25) is 0 Å². The third-order valence-corrected chi connectivity index (χ3v) is 2.14. The lowest BCUT2D eigenvalue weighted by Gasteiger charge is -2.10. The third-order valence-electron chi connectivity index (χ3n) is 2.14. The van der Waals surface area contributed by atoms with E-state index in [2.05, 4.69) is 5.32 Å². The molecular formula is C13H19NO2. The zero-order chi connectivity index (χ0) is 11.6. The number of ketones is 1. The van der Waals surface area contributed by atoms with E-state index in [0.717, 1.165) is 31.9 Å². The highest BCUT2D eigenvalue weighted by atomic mass is 16.5. The van der Waals surface area contributed by atoms with Crippen molar-refractivity contribution in [1.82, 2.24) is 5.32 Å². The largest absolute Gasteiger partial charge is 0.379 e. The van der Waals surface area contributed by atoms with Crippen molar-refractivity contribution in [2.24, 2.45) is 0 Å². The molecule has 1 saturated heterocycles. The van der Waals surface area contributed by atoms with Gasteiger partial charge in [-0.1, -0.05) is 30.3 Å². The predicted octanol–water partition coefficient (Wildman–Crippen LogP) is 1.42. The molecule has 16 heavy (non-hydrogen) atoms. The lowest BCUT2D eigenvalue weighted by Crippen LogP contribution is -2.30. The lowest BCUT2D eigenvalue weighted by atomic mass is 10.1. The number of carbonyl (C=O) groups is 1. The first kappa shape index (κ1) is 12.9. The Kier molecular flexibility index (Phi) is 6.45. The molecule has 88 valence electrons. The van der Waals surface area contributed by atoms with Gasteiger partial charge in [0.15, 0.2) is 0 Å². The van der Waals surface area contributed by atoms with Crippen LogP contribution in [0, 0.1) is 0 Å². The van der Waals surface area contributed by atoms with Crippen molar-refractivity contribution in [3.63, 3.8) is 0 Å². The minimum Gasteiger partial charge on any atom is -0.379 e. The molecule has 1 aromatic rings. The molecule has 0 unspecified atom stereocenters. The van der Waals surface area contributed by atoms with Gasteiger partial charge in [0.2, 0.25) is 0 Å². The van der Waals surface area contributed by atoms with Crippen molar-refractivity contribution in [2.75, 3.05) is 26.3 Å². The van der Waals surface area contributed by atoms with Crippen LogP contribution >= 0.6 is 0 Å². The van der Waals surface area contributed by atoms with Crippen LogP contribution in [0.5, 0.6) is 0 Å². The highest BCUT2D eigenvalue weighted by molar-refractivity contribution is 5.78. The first-order valence-electron chi connectivity index (χ1n) is 5.61. The Balaban J connectivity index is 0.000000181. The number of benzene rings is 1. The van der Waals surface area contributed by atoms with E-state index in [9.17, 15) is 4.79 Å². The molecule has 1 heterocycles. The first-order chi connectivity index (χ1) is 7.79. The molecule has 3 nitrogen and oxygen atoms in total. The molecule has 0 bridgehead atoms. The van der Waals surface area contributed by atoms with E-state index in [-0.39, 0.29) is 5.78 Å². The van der Waals surface area contributed by atoms with Gasteiger partial charge in [0, 0.05) is 19.5 Å². The molecule has 0 atom stereocenters. The van der Waals surface area contributed by atoms with Gasteiger partial charge in [0.05, 0.1) is 13.2 Å². The number of Topliss-reactive ketones (excluding diaryl/α,β-unsaturated/α-hetero) is 1. The van der Waals surface area contributed by atoms with Gasteiger partial charge in [-0.25, -0.2) is 0 Å². The number of rotatable bonds is 2. The van der Waals surface area contributed by atoms with E-state index in [0.29, 0.717) is 6.42 Å². The maximum Gasteiger partial charge on any atom is 0.134 e. The highest BCUT2D eigenvalue weighted by Crippen LogP contribution is 1.98. The van der Waals surface area contributed by atoms with Crippen LogP contribution in [-0.4, -0.2) is 32.1 Å². The molecule has 1 fully saturated rings. The maximum atomic E-state index is 10.6. The average molecular weight is 221 g/mol. The summed E-state index contributed by atoms with van der Waals surface area (Å²) in [6.07, 6.45) is 0.556.